The van der Waals surface area contributed by atoms with Crippen LogP contribution < -0.4 is 10.0 Å². The van der Waals surface area contributed by atoms with Crippen LogP contribution in [0.3, 0.4) is 0 Å². The fourth-order valence-electron chi connectivity index (χ4n) is 3.71. The first kappa shape index (κ1) is 26.2. The van der Waals surface area contributed by atoms with E-state index in [1.165, 1.54) is 36.4 Å². The van der Waals surface area contributed by atoms with Crippen molar-refractivity contribution in [2.75, 3.05) is 0 Å². The van der Waals surface area contributed by atoms with Gasteiger partial charge in [-0.2, -0.15) is 5.10 Å². The van der Waals surface area contributed by atoms with Gasteiger partial charge in [0.15, 0.2) is 5.82 Å². The molecule has 8 nitrogen and oxygen atoms in total. The molecule has 1 unspecified atom stereocenters. The zero-order valence-corrected chi connectivity index (χ0v) is 21.5. The Morgan fingerprint density at radius 1 is 0.973 bits per heavy atom. The van der Waals surface area contributed by atoms with Crippen molar-refractivity contribution in [3.05, 3.63) is 102 Å². The van der Waals surface area contributed by atoms with Gasteiger partial charge < -0.3 is 5.32 Å². The van der Waals surface area contributed by atoms with E-state index in [1.807, 2.05) is 30.3 Å². The Bertz CT molecular complexity index is 1460. The monoisotopic (exact) mass is 521 g/mol. The first-order valence-electron chi connectivity index (χ1n) is 11.7. The molecule has 1 heterocycles. The topological polar surface area (TPSA) is 117 Å². The molecule has 0 fully saturated rings. The SMILES string of the molecule is CC(C)(C)NS(=O)(=O)c1ccc(-c2n[nH]c(C(Cc3ccccc3)NC(=O)c3ccc(F)cc3)n2)cc1. The number of nitrogens with one attached hydrogen (secondary N) is 3. The number of aromatic nitrogens is 3. The number of sulfonamides is 1. The second-order valence-corrected chi connectivity index (χ2v) is 11.3. The fourth-order valence-corrected chi connectivity index (χ4v) is 5.13. The standard InChI is InChI=1S/C27H28FN5O3S/c1-27(2,3)33-37(35,36)22-15-11-19(12-16-22)24-30-25(32-31-24)23(17-18-7-5-4-6-8-18)29-26(34)20-9-13-21(28)14-10-20/h4-16,23,33H,17H2,1-3H3,(H,29,34)(H,30,31,32). The summed E-state index contributed by atoms with van der Waals surface area (Å²) >= 11 is 0. The number of halogens is 1. The largest absolute Gasteiger partial charge is 0.342 e. The van der Waals surface area contributed by atoms with Crippen molar-refractivity contribution in [2.24, 2.45) is 0 Å². The highest BCUT2D eigenvalue weighted by molar-refractivity contribution is 7.89. The van der Waals surface area contributed by atoms with Gasteiger partial charge in [-0.05, 0) is 81.3 Å². The number of carbonyl (C=O) groups excluding carboxylic acids is 1. The van der Waals surface area contributed by atoms with E-state index in [-0.39, 0.29) is 10.8 Å². The molecule has 0 aliphatic rings. The van der Waals surface area contributed by atoms with E-state index in [4.69, 9.17) is 0 Å². The molecule has 3 N–H and O–H groups in total. The predicted octanol–water partition coefficient (Wildman–Crippen LogP) is 4.40. The van der Waals surface area contributed by atoms with Gasteiger partial charge >= 0.3 is 0 Å². The van der Waals surface area contributed by atoms with Gasteiger partial charge in [0.25, 0.3) is 5.91 Å². The lowest BCUT2D eigenvalue weighted by atomic mass is 10.0. The molecular formula is C27H28FN5O3S. The van der Waals surface area contributed by atoms with Crippen LogP contribution in [-0.2, 0) is 16.4 Å². The lowest BCUT2D eigenvalue weighted by Crippen LogP contribution is -2.40. The Morgan fingerprint density at radius 2 is 1.62 bits per heavy atom. The summed E-state index contributed by atoms with van der Waals surface area (Å²) in [4.78, 5) is 17.6. The molecule has 0 saturated carbocycles. The van der Waals surface area contributed by atoms with Gasteiger partial charge in [0.05, 0.1) is 10.9 Å². The van der Waals surface area contributed by atoms with Crippen LogP contribution in [0.15, 0.2) is 83.8 Å². The van der Waals surface area contributed by atoms with E-state index in [0.717, 1.165) is 5.56 Å². The zero-order valence-electron chi connectivity index (χ0n) is 20.7. The van der Waals surface area contributed by atoms with Crippen molar-refractivity contribution >= 4 is 15.9 Å². The molecule has 0 aliphatic carbocycles. The molecule has 0 aliphatic heterocycles. The van der Waals surface area contributed by atoms with Gasteiger partial charge in [0, 0.05) is 16.7 Å². The van der Waals surface area contributed by atoms with Crippen LogP contribution in [0.5, 0.6) is 0 Å². The van der Waals surface area contributed by atoms with Crippen LogP contribution in [-0.4, -0.2) is 35.0 Å². The highest BCUT2D eigenvalue weighted by Gasteiger charge is 2.23. The van der Waals surface area contributed by atoms with Gasteiger partial charge in [0.1, 0.15) is 11.6 Å². The van der Waals surface area contributed by atoms with Crippen LogP contribution in [0.1, 0.15) is 48.6 Å². The summed E-state index contributed by atoms with van der Waals surface area (Å²) in [7, 11) is -3.67. The molecule has 3 aromatic carbocycles. The van der Waals surface area contributed by atoms with E-state index in [9.17, 15) is 17.6 Å². The lowest BCUT2D eigenvalue weighted by Gasteiger charge is -2.20. The summed E-state index contributed by atoms with van der Waals surface area (Å²) in [6.45, 7) is 5.32. The Hall–Kier alpha value is -3.89. The minimum Gasteiger partial charge on any atom is -0.342 e. The average molecular weight is 522 g/mol. The molecule has 4 aromatic rings. The normalized spacial score (nSPS) is 12.8. The van der Waals surface area contributed by atoms with Crippen molar-refractivity contribution < 1.29 is 17.6 Å². The molecule has 0 bridgehead atoms. The Morgan fingerprint density at radius 3 is 2.24 bits per heavy atom. The van der Waals surface area contributed by atoms with Crippen LogP contribution in [0.2, 0.25) is 0 Å². The third-order valence-corrected chi connectivity index (χ3v) is 7.16. The molecule has 10 heteroatoms. The Labute approximate surface area is 215 Å². The van der Waals surface area contributed by atoms with Gasteiger partial charge in [-0.3, -0.25) is 9.89 Å². The first-order chi connectivity index (χ1) is 17.5. The van der Waals surface area contributed by atoms with E-state index < -0.39 is 27.4 Å². The molecule has 0 saturated heterocycles. The maximum atomic E-state index is 13.3. The summed E-state index contributed by atoms with van der Waals surface area (Å²) in [5, 5.41) is 10.1. The summed E-state index contributed by atoms with van der Waals surface area (Å²) in [5.41, 5.74) is 1.30. The quantitative estimate of drug-likeness (QED) is 0.318. The smallest absolute Gasteiger partial charge is 0.251 e. The Kier molecular flexibility index (Phi) is 7.51. The number of H-pyrrole nitrogens is 1. The third-order valence-electron chi connectivity index (χ3n) is 5.39. The summed E-state index contributed by atoms with van der Waals surface area (Å²) in [6.07, 6.45) is 0.443. The number of hydrogen-bond acceptors (Lipinski definition) is 5. The van der Waals surface area contributed by atoms with Crippen LogP contribution in [0.25, 0.3) is 11.4 Å². The fraction of sp³-hybridized carbons (Fsp3) is 0.222. The second-order valence-electron chi connectivity index (χ2n) is 9.65. The van der Waals surface area contributed by atoms with Gasteiger partial charge in [-0.25, -0.2) is 22.5 Å². The molecule has 4 rings (SSSR count). The lowest BCUT2D eigenvalue weighted by molar-refractivity contribution is 0.0934. The average Bonchev–Trinajstić information content (AvgIpc) is 3.34. The number of amides is 1. The van der Waals surface area contributed by atoms with Gasteiger partial charge in [-0.15, -0.1) is 0 Å². The number of rotatable bonds is 8. The molecule has 1 aromatic heterocycles. The van der Waals surface area contributed by atoms with Crippen molar-refractivity contribution in [1.82, 2.24) is 25.2 Å². The van der Waals surface area contributed by atoms with Crippen molar-refractivity contribution in [3.63, 3.8) is 0 Å². The number of aromatic amines is 1. The van der Waals surface area contributed by atoms with Crippen LogP contribution in [0, 0.1) is 5.82 Å². The molecule has 0 radical (unpaired) electrons. The van der Waals surface area contributed by atoms with E-state index >= 15 is 0 Å². The molecule has 37 heavy (non-hydrogen) atoms. The van der Waals surface area contributed by atoms with E-state index in [0.29, 0.717) is 29.2 Å². The highest BCUT2D eigenvalue weighted by Crippen LogP contribution is 2.22. The van der Waals surface area contributed by atoms with E-state index in [2.05, 4.69) is 25.2 Å². The highest BCUT2D eigenvalue weighted by atomic mass is 32.2. The van der Waals surface area contributed by atoms with Crippen LogP contribution >= 0.6 is 0 Å². The molecule has 1 atom stereocenters. The molecule has 0 spiro atoms. The number of benzene rings is 3. The summed E-state index contributed by atoms with van der Waals surface area (Å²) in [5.74, 6) is -0.0118. The van der Waals surface area contributed by atoms with E-state index in [1.54, 1.807) is 32.9 Å². The number of hydrogen-bond donors (Lipinski definition) is 3. The maximum Gasteiger partial charge on any atom is 0.251 e. The minimum absolute atomic E-state index is 0.135. The molecular weight excluding hydrogens is 493 g/mol. The Balaban J connectivity index is 1.58. The van der Waals surface area contributed by atoms with Crippen molar-refractivity contribution in [2.45, 2.75) is 43.7 Å². The van der Waals surface area contributed by atoms with Crippen molar-refractivity contribution in [3.8, 4) is 11.4 Å². The molecule has 1 amide bonds. The van der Waals surface area contributed by atoms with Crippen LogP contribution in [0.4, 0.5) is 4.39 Å². The van der Waals surface area contributed by atoms with Crippen molar-refractivity contribution in [1.29, 1.82) is 0 Å². The zero-order chi connectivity index (χ0) is 26.6. The summed E-state index contributed by atoms with van der Waals surface area (Å²) < 4.78 is 41.1. The molecule has 192 valence electrons. The predicted molar refractivity (Wildman–Crippen MR) is 139 cm³/mol. The number of carbonyl (C=O) groups is 1. The maximum absolute atomic E-state index is 13.3. The summed E-state index contributed by atoms with van der Waals surface area (Å²) in [6, 6.07) is 20.6. The third kappa shape index (κ3) is 6.87. The van der Waals surface area contributed by atoms with Gasteiger partial charge in [-0.1, -0.05) is 30.3 Å². The first-order valence-corrected chi connectivity index (χ1v) is 13.2. The minimum atomic E-state index is -3.67. The second kappa shape index (κ2) is 10.6. The van der Waals surface area contributed by atoms with Gasteiger partial charge in [0.2, 0.25) is 10.0 Å². The number of nitrogens with zero attached hydrogens (tertiary/aromatic N) is 2.